The molecular formula is C10H13N3O2. The number of nitrogens with two attached hydrogens (primary N) is 1. The summed E-state index contributed by atoms with van der Waals surface area (Å²) >= 11 is 0. The summed E-state index contributed by atoms with van der Waals surface area (Å²) in [6.45, 7) is 1.30. The first-order valence-electron chi connectivity index (χ1n) is 4.48. The number of anilines is 2. The minimum Gasteiger partial charge on any atom is -0.397 e. The topological polar surface area (TPSA) is 84.2 Å². The Hall–Kier alpha value is -2.04. The van der Waals surface area contributed by atoms with Gasteiger partial charge in [0.1, 0.15) is 0 Å². The number of hydrogen-bond acceptors (Lipinski definition) is 3. The summed E-state index contributed by atoms with van der Waals surface area (Å²) in [6.07, 6.45) is 0. The first kappa shape index (κ1) is 11.0. The monoisotopic (exact) mass is 207 g/mol. The van der Waals surface area contributed by atoms with Crippen LogP contribution in [0.3, 0.4) is 0 Å². The Morgan fingerprint density at radius 1 is 1.33 bits per heavy atom. The summed E-state index contributed by atoms with van der Waals surface area (Å²) in [7, 11) is 0. The van der Waals surface area contributed by atoms with Crippen molar-refractivity contribution in [2.24, 2.45) is 0 Å². The maximum absolute atomic E-state index is 11.3. The highest BCUT2D eigenvalue weighted by molar-refractivity contribution is 5.96. The van der Waals surface area contributed by atoms with Crippen molar-refractivity contribution in [1.82, 2.24) is 5.32 Å². The van der Waals surface area contributed by atoms with Crippen molar-refractivity contribution < 1.29 is 9.59 Å². The lowest BCUT2D eigenvalue weighted by Gasteiger charge is -2.07. The van der Waals surface area contributed by atoms with Gasteiger partial charge in [0, 0.05) is 6.92 Å². The number of rotatable bonds is 3. The van der Waals surface area contributed by atoms with Crippen LogP contribution in [0.2, 0.25) is 0 Å². The van der Waals surface area contributed by atoms with E-state index in [4.69, 9.17) is 5.73 Å². The molecule has 0 aliphatic rings. The normalized spacial score (nSPS) is 9.40. The smallest absolute Gasteiger partial charge is 0.243 e. The Kier molecular flexibility index (Phi) is 3.68. The van der Waals surface area contributed by atoms with Gasteiger partial charge in [0.2, 0.25) is 11.8 Å². The molecule has 2 amide bonds. The molecule has 0 radical (unpaired) electrons. The number of amides is 2. The molecule has 0 fully saturated rings. The van der Waals surface area contributed by atoms with E-state index >= 15 is 0 Å². The SMILES string of the molecule is CC(=O)NCC(=O)Nc1ccccc1N. The lowest BCUT2D eigenvalue weighted by molar-refractivity contribution is -0.122. The number of carbonyl (C=O) groups excluding carboxylic acids is 2. The highest BCUT2D eigenvalue weighted by Gasteiger charge is 2.04. The molecule has 1 aromatic rings. The van der Waals surface area contributed by atoms with Gasteiger partial charge in [-0.15, -0.1) is 0 Å². The summed E-state index contributed by atoms with van der Waals surface area (Å²) < 4.78 is 0. The number of hydrogen-bond donors (Lipinski definition) is 3. The van der Waals surface area contributed by atoms with Gasteiger partial charge >= 0.3 is 0 Å². The zero-order chi connectivity index (χ0) is 11.3. The molecule has 15 heavy (non-hydrogen) atoms. The predicted octanol–water partition coefficient (Wildman–Crippen LogP) is 0.343. The quantitative estimate of drug-likeness (QED) is 0.625. The lowest BCUT2D eigenvalue weighted by atomic mass is 10.2. The first-order chi connectivity index (χ1) is 7.09. The molecule has 0 unspecified atom stereocenters. The van der Waals surface area contributed by atoms with Crippen molar-refractivity contribution in [3.8, 4) is 0 Å². The average Bonchev–Trinajstić information content (AvgIpc) is 2.18. The molecule has 0 aliphatic heterocycles. The van der Waals surface area contributed by atoms with Crippen LogP contribution in [-0.4, -0.2) is 18.4 Å². The van der Waals surface area contributed by atoms with Gasteiger partial charge in [-0.2, -0.15) is 0 Å². The Morgan fingerprint density at radius 3 is 2.60 bits per heavy atom. The fourth-order valence-corrected chi connectivity index (χ4v) is 1.01. The van der Waals surface area contributed by atoms with Crippen LogP contribution < -0.4 is 16.4 Å². The number of benzene rings is 1. The summed E-state index contributed by atoms with van der Waals surface area (Å²) in [5.74, 6) is -0.547. The molecule has 0 atom stereocenters. The van der Waals surface area contributed by atoms with E-state index in [0.29, 0.717) is 11.4 Å². The molecular weight excluding hydrogens is 194 g/mol. The van der Waals surface area contributed by atoms with Crippen molar-refractivity contribution >= 4 is 23.2 Å². The molecule has 0 aliphatic carbocycles. The van der Waals surface area contributed by atoms with Crippen LogP contribution in [0.5, 0.6) is 0 Å². The fourth-order valence-electron chi connectivity index (χ4n) is 1.01. The van der Waals surface area contributed by atoms with Gasteiger partial charge in [-0.05, 0) is 12.1 Å². The van der Waals surface area contributed by atoms with Crippen LogP contribution >= 0.6 is 0 Å². The van der Waals surface area contributed by atoms with Crippen molar-refractivity contribution in [3.63, 3.8) is 0 Å². The third kappa shape index (κ3) is 3.68. The molecule has 0 spiro atoms. The van der Waals surface area contributed by atoms with Gasteiger partial charge in [0.15, 0.2) is 0 Å². The number of para-hydroxylation sites is 2. The maximum atomic E-state index is 11.3. The second kappa shape index (κ2) is 4.99. The number of nitrogen functional groups attached to an aromatic ring is 1. The second-order valence-electron chi connectivity index (χ2n) is 3.05. The van der Waals surface area contributed by atoms with Crippen LogP contribution in [0.1, 0.15) is 6.92 Å². The third-order valence-electron chi connectivity index (χ3n) is 1.73. The van der Waals surface area contributed by atoms with Crippen molar-refractivity contribution in [2.75, 3.05) is 17.6 Å². The molecule has 0 bridgehead atoms. The van der Waals surface area contributed by atoms with Crippen molar-refractivity contribution in [1.29, 1.82) is 0 Å². The Morgan fingerprint density at radius 2 is 2.00 bits per heavy atom. The summed E-state index contributed by atoms with van der Waals surface area (Å²) in [4.78, 5) is 21.8. The molecule has 80 valence electrons. The molecule has 0 aromatic heterocycles. The molecule has 5 nitrogen and oxygen atoms in total. The van der Waals surface area contributed by atoms with E-state index in [1.54, 1.807) is 24.3 Å². The van der Waals surface area contributed by atoms with E-state index in [9.17, 15) is 9.59 Å². The van der Waals surface area contributed by atoms with Gasteiger partial charge < -0.3 is 16.4 Å². The van der Waals surface area contributed by atoms with E-state index < -0.39 is 0 Å². The van der Waals surface area contributed by atoms with Gasteiger partial charge in [0.25, 0.3) is 0 Å². The van der Waals surface area contributed by atoms with Crippen LogP contribution in [-0.2, 0) is 9.59 Å². The number of nitrogens with one attached hydrogen (secondary N) is 2. The summed E-state index contributed by atoms with van der Waals surface area (Å²) in [6, 6.07) is 6.93. The van der Waals surface area contributed by atoms with Crippen LogP contribution in [0, 0.1) is 0 Å². The highest BCUT2D eigenvalue weighted by Crippen LogP contribution is 2.15. The first-order valence-corrected chi connectivity index (χ1v) is 4.48. The molecule has 0 saturated heterocycles. The van der Waals surface area contributed by atoms with Crippen molar-refractivity contribution in [2.45, 2.75) is 6.92 Å². The van der Waals surface area contributed by atoms with E-state index in [-0.39, 0.29) is 18.4 Å². The van der Waals surface area contributed by atoms with Crippen LogP contribution in [0.25, 0.3) is 0 Å². The molecule has 0 heterocycles. The Bertz CT molecular complexity index is 377. The molecule has 1 aromatic carbocycles. The van der Waals surface area contributed by atoms with Gasteiger partial charge in [-0.1, -0.05) is 12.1 Å². The summed E-state index contributed by atoms with van der Waals surface area (Å²) in [5.41, 5.74) is 6.67. The zero-order valence-electron chi connectivity index (χ0n) is 8.41. The van der Waals surface area contributed by atoms with Crippen LogP contribution in [0.15, 0.2) is 24.3 Å². The maximum Gasteiger partial charge on any atom is 0.243 e. The minimum atomic E-state index is -0.303. The summed E-state index contributed by atoms with van der Waals surface area (Å²) in [5, 5.41) is 4.98. The van der Waals surface area contributed by atoms with Gasteiger partial charge in [-0.3, -0.25) is 9.59 Å². The zero-order valence-corrected chi connectivity index (χ0v) is 8.41. The van der Waals surface area contributed by atoms with E-state index in [2.05, 4.69) is 10.6 Å². The standard InChI is InChI=1S/C10H13N3O2/c1-7(14)12-6-10(15)13-9-5-3-2-4-8(9)11/h2-5H,6,11H2,1H3,(H,12,14)(H,13,15). The average molecular weight is 207 g/mol. The predicted molar refractivity (Wildman–Crippen MR) is 58.2 cm³/mol. The third-order valence-corrected chi connectivity index (χ3v) is 1.73. The molecule has 0 saturated carbocycles. The Labute approximate surface area is 87.7 Å². The van der Waals surface area contributed by atoms with Crippen molar-refractivity contribution in [3.05, 3.63) is 24.3 Å². The lowest BCUT2D eigenvalue weighted by Crippen LogP contribution is -2.31. The van der Waals surface area contributed by atoms with E-state index in [1.165, 1.54) is 6.92 Å². The molecule has 1 rings (SSSR count). The Balaban J connectivity index is 2.52. The molecule has 5 heteroatoms. The van der Waals surface area contributed by atoms with E-state index in [1.807, 2.05) is 0 Å². The largest absolute Gasteiger partial charge is 0.397 e. The fraction of sp³-hybridized carbons (Fsp3) is 0.200. The molecule has 4 N–H and O–H groups in total. The van der Waals surface area contributed by atoms with Gasteiger partial charge in [-0.25, -0.2) is 0 Å². The second-order valence-corrected chi connectivity index (χ2v) is 3.05. The highest BCUT2D eigenvalue weighted by atomic mass is 16.2. The van der Waals surface area contributed by atoms with Gasteiger partial charge in [0.05, 0.1) is 17.9 Å². The van der Waals surface area contributed by atoms with E-state index in [0.717, 1.165) is 0 Å². The van der Waals surface area contributed by atoms with Crippen LogP contribution in [0.4, 0.5) is 11.4 Å². The minimum absolute atomic E-state index is 0.0519. The number of carbonyl (C=O) groups is 2.